The average Bonchev–Trinajstić information content (AvgIpc) is 2.79. The summed E-state index contributed by atoms with van der Waals surface area (Å²) in [5.74, 6) is 1.11. The van der Waals surface area contributed by atoms with E-state index in [1.807, 2.05) is 0 Å². The fourth-order valence-corrected chi connectivity index (χ4v) is 4.59. The minimum Gasteiger partial charge on any atom is -0.330 e. The fourth-order valence-electron chi connectivity index (χ4n) is 2.86. The number of piperidine rings is 1. The van der Waals surface area contributed by atoms with Crippen molar-refractivity contribution in [1.29, 1.82) is 0 Å². The van der Waals surface area contributed by atoms with Crippen LogP contribution in [-0.2, 0) is 10.2 Å². The first kappa shape index (κ1) is 14.2. The summed E-state index contributed by atoms with van der Waals surface area (Å²) in [5.41, 5.74) is 5.54. The monoisotopic (exact) mass is 275 g/mol. The molecule has 0 aliphatic carbocycles. The summed E-state index contributed by atoms with van der Waals surface area (Å²) in [4.78, 5) is 0. The van der Waals surface area contributed by atoms with Crippen LogP contribution in [-0.4, -0.2) is 49.8 Å². The van der Waals surface area contributed by atoms with Crippen molar-refractivity contribution in [1.82, 2.24) is 8.61 Å². The lowest BCUT2D eigenvalue weighted by atomic mass is 10.0. The molecular formula is C12H25N3O2S. The first-order valence-electron chi connectivity index (χ1n) is 6.99. The molecule has 0 bridgehead atoms. The summed E-state index contributed by atoms with van der Waals surface area (Å²) in [6, 6.07) is 0. The summed E-state index contributed by atoms with van der Waals surface area (Å²) < 4.78 is 28.3. The molecule has 106 valence electrons. The van der Waals surface area contributed by atoms with Crippen LogP contribution in [0.15, 0.2) is 0 Å². The van der Waals surface area contributed by atoms with Crippen LogP contribution in [0.1, 0.15) is 32.6 Å². The lowest BCUT2D eigenvalue weighted by Crippen LogP contribution is -2.46. The van der Waals surface area contributed by atoms with E-state index in [1.54, 1.807) is 8.61 Å². The Morgan fingerprint density at radius 1 is 1.11 bits per heavy atom. The van der Waals surface area contributed by atoms with Gasteiger partial charge in [-0.05, 0) is 44.1 Å². The minimum absolute atomic E-state index is 0.452. The predicted octanol–water partition coefficient (Wildman–Crippen LogP) is 0.634. The molecule has 2 heterocycles. The Morgan fingerprint density at radius 3 is 2.33 bits per heavy atom. The Bertz CT molecular complexity index is 364. The van der Waals surface area contributed by atoms with Gasteiger partial charge in [-0.3, -0.25) is 0 Å². The fraction of sp³-hybridized carbons (Fsp3) is 1.00. The van der Waals surface area contributed by atoms with Gasteiger partial charge in [-0.25, -0.2) is 0 Å². The van der Waals surface area contributed by atoms with E-state index in [-0.39, 0.29) is 0 Å². The summed E-state index contributed by atoms with van der Waals surface area (Å²) >= 11 is 0. The maximum atomic E-state index is 12.5. The maximum Gasteiger partial charge on any atom is 0.281 e. The van der Waals surface area contributed by atoms with E-state index in [9.17, 15) is 8.42 Å². The number of hydrogen-bond acceptors (Lipinski definition) is 3. The summed E-state index contributed by atoms with van der Waals surface area (Å²) in [6.07, 6.45) is 3.86. The Kier molecular flexibility index (Phi) is 4.64. The highest BCUT2D eigenvalue weighted by Crippen LogP contribution is 2.26. The van der Waals surface area contributed by atoms with Crippen LogP contribution >= 0.6 is 0 Å². The Hall–Kier alpha value is -0.170. The number of nitrogens with zero attached hydrogens (tertiary/aromatic N) is 2. The largest absolute Gasteiger partial charge is 0.330 e. The molecule has 2 rings (SSSR count). The molecule has 5 nitrogen and oxygen atoms in total. The van der Waals surface area contributed by atoms with Gasteiger partial charge >= 0.3 is 0 Å². The van der Waals surface area contributed by atoms with Crippen molar-refractivity contribution in [3.8, 4) is 0 Å². The molecule has 2 aliphatic heterocycles. The molecule has 0 saturated carbocycles. The molecule has 0 aromatic rings. The second kappa shape index (κ2) is 5.86. The molecule has 1 unspecified atom stereocenters. The molecule has 2 aliphatic rings. The van der Waals surface area contributed by atoms with Gasteiger partial charge in [-0.2, -0.15) is 17.0 Å². The summed E-state index contributed by atoms with van der Waals surface area (Å²) in [6.45, 7) is 5.53. The third kappa shape index (κ3) is 3.04. The predicted molar refractivity (Wildman–Crippen MR) is 72.2 cm³/mol. The van der Waals surface area contributed by atoms with Crippen molar-refractivity contribution >= 4 is 10.2 Å². The van der Waals surface area contributed by atoms with Gasteiger partial charge in [0.15, 0.2) is 0 Å². The highest BCUT2D eigenvalue weighted by Gasteiger charge is 2.36. The van der Waals surface area contributed by atoms with Gasteiger partial charge < -0.3 is 5.73 Å². The van der Waals surface area contributed by atoms with Crippen LogP contribution in [0.2, 0.25) is 0 Å². The molecule has 0 spiro atoms. The van der Waals surface area contributed by atoms with Gasteiger partial charge in [0, 0.05) is 26.2 Å². The van der Waals surface area contributed by atoms with Crippen molar-refractivity contribution < 1.29 is 8.42 Å². The Morgan fingerprint density at radius 2 is 1.72 bits per heavy atom. The average molecular weight is 275 g/mol. The molecule has 0 aromatic carbocycles. The molecule has 0 aromatic heterocycles. The Labute approximate surface area is 110 Å². The van der Waals surface area contributed by atoms with Gasteiger partial charge in [-0.1, -0.05) is 6.92 Å². The van der Waals surface area contributed by atoms with E-state index < -0.39 is 10.2 Å². The molecule has 2 fully saturated rings. The van der Waals surface area contributed by atoms with Crippen LogP contribution in [0.5, 0.6) is 0 Å². The highest BCUT2D eigenvalue weighted by molar-refractivity contribution is 7.86. The van der Waals surface area contributed by atoms with Crippen molar-refractivity contribution in [2.75, 3.05) is 32.7 Å². The summed E-state index contributed by atoms with van der Waals surface area (Å²) in [7, 11) is -3.21. The van der Waals surface area contributed by atoms with Crippen molar-refractivity contribution in [2.45, 2.75) is 32.6 Å². The van der Waals surface area contributed by atoms with Crippen LogP contribution < -0.4 is 5.73 Å². The lowest BCUT2D eigenvalue weighted by Gasteiger charge is -2.32. The van der Waals surface area contributed by atoms with Gasteiger partial charge in [-0.15, -0.1) is 0 Å². The molecule has 2 N–H and O–H groups in total. The second-order valence-corrected chi connectivity index (χ2v) is 7.61. The zero-order valence-corrected chi connectivity index (χ0v) is 12.0. The number of nitrogens with two attached hydrogens (primary N) is 1. The van der Waals surface area contributed by atoms with Crippen molar-refractivity contribution in [3.05, 3.63) is 0 Å². The minimum atomic E-state index is -3.21. The van der Waals surface area contributed by atoms with Gasteiger partial charge in [0.05, 0.1) is 0 Å². The lowest BCUT2D eigenvalue weighted by molar-refractivity contribution is 0.269. The van der Waals surface area contributed by atoms with E-state index in [4.69, 9.17) is 5.73 Å². The third-order valence-corrected chi connectivity index (χ3v) is 6.22. The molecular weight excluding hydrogens is 250 g/mol. The molecule has 0 radical (unpaired) electrons. The second-order valence-electron chi connectivity index (χ2n) is 5.68. The molecule has 0 amide bonds. The van der Waals surface area contributed by atoms with Crippen LogP contribution in [0.25, 0.3) is 0 Å². The first-order valence-corrected chi connectivity index (χ1v) is 8.39. The standard InChI is InChI=1S/C12H25N3O2S/c1-11-3-7-14(8-4-11)18(16,17)15-9-5-12(10-15)2-6-13/h11-12H,2-10,13H2,1H3. The topological polar surface area (TPSA) is 66.6 Å². The van der Waals surface area contributed by atoms with E-state index in [2.05, 4.69) is 6.92 Å². The van der Waals surface area contributed by atoms with Crippen LogP contribution in [0.4, 0.5) is 0 Å². The van der Waals surface area contributed by atoms with E-state index in [0.717, 1.165) is 25.7 Å². The summed E-state index contributed by atoms with van der Waals surface area (Å²) in [5, 5.41) is 0. The Balaban J connectivity index is 1.95. The van der Waals surface area contributed by atoms with Crippen molar-refractivity contribution in [3.63, 3.8) is 0 Å². The SMILES string of the molecule is CC1CCN(S(=O)(=O)N2CCC(CCN)C2)CC1. The zero-order chi connectivity index (χ0) is 13.2. The van der Waals surface area contributed by atoms with E-state index in [1.165, 1.54) is 0 Å². The molecule has 6 heteroatoms. The maximum absolute atomic E-state index is 12.5. The third-order valence-electron chi connectivity index (χ3n) is 4.22. The number of rotatable bonds is 4. The number of hydrogen-bond donors (Lipinski definition) is 1. The van der Waals surface area contributed by atoms with E-state index >= 15 is 0 Å². The molecule has 18 heavy (non-hydrogen) atoms. The molecule has 1 atom stereocenters. The zero-order valence-electron chi connectivity index (χ0n) is 11.2. The smallest absolute Gasteiger partial charge is 0.281 e. The van der Waals surface area contributed by atoms with Crippen LogP contribution in [0.3, 0.4) is 0 Å². The van der Waals surface area contributed by atoms with Crippen LogP contribution in [0, 0.1) is 11.8 Å². The normalized spacial score (nSPS) is 28.9. The van der Waals surface area contributed by atoms with Gasteiger partial charge in [0.25, 0.3) is 10.2 Å². The van der Waals surface area contributed by atoms with Crippen molar-refractivity contribution in [2.24, 2.45) is 17.6 Å². The molecule has 2 saturated heterocycles. The highest BCUT2D eigenvalue weighted by atomic mass is 32.2. The van der Waals surface area contributed by atoms with E-state index in [0.29, 0.717) is 44.6 Å². The quantitative estimate of drug-likeness (QED) is 0.818. The van der Waals surface area contributed by atoms with Gasteiger partial charge in [0.1, 0.15) is 0 Å². The van der Waals surface area contributed by atoms with Gasteiger partial charge in [0.2, 0.25) is 0 Å². The first-order chi connectivity index (χ1) is 8.54.